The lowest BCUT2D eigenvalue weighted by molar-refractivity contribution is -0.123. The molecule has 2 aromatic heterocycles. The van der Waals surface area contributed by atoms with Crippen LogP contribution in [0.25, 0.3) is 10.9 Å². The Morgan fingerprint density at radius 3 is 2.60 bits per heavy atom. The van der Waals surface area contributed by atoms with Crippen LogP contribution in [0.2, 0.25) is 0 Å². The van der Waals surface area contributed by atoms with E-state index in [-0.39, 0.29) is 6.04 Å². The SMILES string of the molecule is CCc1nc2ccccc2c(C(=O)O[C@@H](C)C(=O)Nc2ccnn2[C@H](C)CC)c1C. The highest BCUT2D eigenvalue weighted by molar-refractivity contribution is 6.06. The summed E-state index contributed by atoms with van der Waals surface area (Å²) in [5, 5.41) is 7.79. The summed E-state index contributed by atoms with van der Waals surface area (Å²) in [6.45, 7) is 9.50. The number of rotatable bonds is 7. The predicted molar refractivity (Wildman–Crippen MR) is 117 cm³/mol. The first-order valence-corrected chi connectivity index (χ1v) is 10.3. The van der Waals surface area contributed by atoms with Gasteiger partial charge >= 0.3 is 5.97 Å². The number of nitrogens with zero attached hydrogens (tertiary/aromatic N) is 3. The number of carbonyl (C=O) groups excluding carboxylic acids is 2. The minimum atomic E-state index is -0.964. The van der Waals surface area contributed by atoms with E-state index < -0.39 is 18.0 Å². The molecule has 0 spiro atoms. The summed E-state index contributed by atoms with van der Waals surface area (Å²) in [4.78, 5) is 30.3. The summed E-state index contributed by atoms with van der Waals surface area (Å²) < 4.78 is 7.30. The topological polar surface area (TPSA) is 86.1 Å². The van der Waals surface area contributed by atoms with Crippen LogP contribution in [0.3, 0.4) is 0 Å². The number of aryl methyl sites for hydroxylation is 1. The van der Waals surface area contributed by atoms with Crippen molar-refractivity contribution in [3.05, 3.63) is 53.3 Å². The fraction of sp³-hybridized carbons (Fsp3) is 0.391. The maximum absolute atomic E-state index is 13.0. The molecule has 158 valence electrons. The third-order valence-electron chi connectivity index (χ3n) is 5.36. The van der Waals surface area contributed by atoms with Gasteiger partial charge in [0.05, 0.1) is 23.3 Å². The van der Waals surface area contributed by atoms with Crippen molar-refractivity contribution < 1.29 is 14.3 Å². The minimum Gasteiger partial charge on any atom is -0.449 e. The van der Waals surface area contributed by atoms with Gasteiger partial charge in [0.2, 0.25) is 0 Å². The minimum absolute atomic E-state index is 0.145. The van der Waals surface area contributed by atoms with Crippen molar-refractivity contribution in [3.8, 4) is 0 Å². The number of ether oxygens (including phenoxy) is 1. The monoisotopic (exact) mass is 408 g/mol. The van der Waals surface area contributed by atoms with Gasteiger partial charge in [0.15, 0.2) is 6.10 Å². The van der Waals surface area contributed by atoms with Gasteiger partial charge in [0.25, 0.3) is 5.91 Å². The lowest BCUT2D eigenvalue weighted by Crippen LogP contribution is -2.31. The molecule has 2 atom stereocenters. The molecule has 0 saturated carbocycles. The van der Waals surface area contributed by atoms with Crippen molar-refractivity contribution in [1.29, 1.82) is 0 Å². The van der Waals surface area contributed by atoms with Crippen LogP contribution in [0.5, 0.6) is 0 Å². The van der Waals surface area contributed by atoms with Gasteiger partial charge in [0.1, 0.15) is 5.82 Å². The third kappa shape index (κ3) is 4.20. The van der Waals surface area contributed by atoms with Crippen LogP contribution in [0, 0.1) is 6.92 Å². The summed E-state index contributed by atoms with van der Waals surface area (Å²) in [6, 6.07) is 9.34. The fourth-order valence-electron chi connectivity index (χ4n) is 3.40. The lowest BCUT2D eigenvalue weighted by atomic mass is 10.0. The fourth-order valence-corrected chi connectivity index (χ4v) is 3.40. The normalized spacial score (nSPS) is 13.1. The first-order chi connectivity index (χ1) is 14.4. The van der Waals surface area contributed by atoms with Crippen molar-refractivity contribution in [2.75, 3.05) is 5.32 Å². The summed E-state index contributed by atoms with van der Waals surface area (Å²) in [7, 11) is 0. The zero-order chi connectivity index (χ0) is 21.8. The summed E-state index contributed by atoms with van der Waals surface area (Å²) >= 11 is 0. The van der Waals surface area contributed by atoms with Crippen molar-refractivity contribution in [1.82, 2.24) is 14.8 Å². The number of hydrogen-bond acceptors (Lipinski definition) is 5. The van der Waals surface area contributed by atoms with E-state index in [0.717, 1.165) is 28.6 Å². The Hall–Kier alpha value is -3.22. The zero-order valence-corrected chi connectivity index (χ0v) is 18.1. The lowest BCUT2D eigenvalue weighted by Gasteiger charge is -2.18. The molecule has 30 heavy (non-hydrogen) atoms. The summed E-state index contributed by atoms with van der Waals surface area (Å²) in [6.07, 6.45) is 2.25. The maximum atomic E-state index is 13.0. The van der Waals surface area contributed by atoms with E-state index in [1.165, 1.54) is 0 Å². The Bertz CT molecular complexity index is 1070. The molecule has 7 heteroatoms. The maximum Gasteiger partial charge on any atom is 0.339 e. The number of fused-ring (bicyclic) bond motifs is 1. The molecule has 3 aromatic rings. The first-order valence-electron chi connectivity index (χ1n) is 10.3. The number of pyridine rings is 1. The van der Waals surface area contributed by atoms with Gasteiger partial charge in [-0.3, -0.25) is 9.78 Å². The van der Waals surface area contributed by atoms with Crippen LogP contribution in [-0.4, -0.2) is 32.7 Å². The van der Waals surface area contributed by atoms with Gasteiger partial charge in [-0.15, -0.1) is 0 Å². The number of para-hydroxylation sites is 1. The molecule has 1 amide bonds. The average molecular weight is 409 g/mol. The van der Waals surface area contributed by atoms with Gasteiger partial charge in [-0.25, -0.2) is 9.48 Å². The quantitative estimate of drug-likeness (QED) is 0.584. The number of anilines is 1. The number of hydrogen-bond donors (Lipinski definition) is 1. The largest absolute Gasteiger partial charge is 0.449 e. The van der Waals surface area contributed by atoms with E-state index in [4.69, 9.17) is 4.74 Å². The molecule has 0 bridgehead atoms. The van der Waals surface area contributed by atoms with Gasteiger partial charge in [0, 0.05) is 17.1 Å². The summed E-state index contributed by atoms with van der Waals surface area (Å²) in [5.74, 6) is -0.352. The van der Waals surface area contributed by atoms with Crippen LogP contribution < -0.4 is 5.32 Å². The van der Waals surface area contributed by atoms with Crippen molar-refractivity contribution in [2.45, 2.75) is 59.6 Å². The van der Waals surface area contributed by atoms with E-state index in [2.05, 4.69) is 15.4 Å². The Labute approximate surface area is 176 Å². The number of amides is 1. The van der Waals surface area contributed by atoms with Gasteiger partial charge in [-0.1, -0.05) is 32.0 Å². The van der Waals surface area contributed by atoms with E-state index in [1.54, 1.807) is 23.9 Å². The van der Waals surface area contributed by atoms with Crippen molar-refractivity contribution in [2.24, 2.45) is 0 Å². The highest BCUT2D eigenvalue weighted by Gasteiger charge is 2.24. The Morgan fingerprint density at radius 2 is 1.90 bits per heavy atom. The molecule has 0 fully saturated rings. The molecule has 0 unspecified atom stereocenters. The van der Waals surface area contributed by atoms with Gasteiger partial charge in [-0.2, -0.15) is 5.10 Å². The Balaban J connectivity index is 1.82. The van der Waals surface area contributed by atoms with Gasteiger partial charge < -0.3 is 10.1 Å². The van der Waals surface area contributed by atoms with Crippen LogP contribution in [0.15, 0.2) is 36.5 Å². The number of esters is 1. The van der Waals surface area contributed by atoms with Crippen LogP contribution >= 0.6 is 0 Å². The number of benzene rings is 1. The average Bonchev–Trinajstić information content (AvgIpc) is 3.20. The zero-order valence-electron chi connectivity index (χ0n) is 18.1. The van der Waals surface area contributed by atoms with Crippen LogP contribution in [-0.2, 0) is 16.0 Å². The van der Waals surface area contributed by atoms with E-state index in [9.17, 15) is 9.59 Å². The third-order valence-corrected chi connectivity index (χ3v) is 5.36. The molecular weight excluding hydrogens is 380 g/mol. The second kappa shape index (κ2) is 9.07. The molecule has 0 aliphatic heterocycles. The molecule has 3 rings (SSSR count). The number of carbonyl (C=O) groups is 2. The molecule has 2 heterocycles. The number of aromatic nitrogens is 3. The predicted octanol–water partition coefficient (Wildman–Crippen LogP) is 4.46. The van der Waals surface area contributed by atoms with E-state index in [0.29, 0.717) is 17.8 Å². The second-order valence-corrected chi connectivity index (χ2v) is 7.38. The molecule has 0 saturated heterocycles. The van der Waals surface area contributed by atoms with E-state index >= 15 is 0 Å². The van der Waals surface area contributed by atoms with E-state index in [1.807, 2.05) is 52.0 Å². The van der Waals surface area contributed by atoms with Crippen molar-refractivity contribution >= 4 is 28.6 Å². The smallest absolute Gasteiger partial charge is 0.339 e. The van der Waals surface area contributed by atoms with Gasteiger partial charge in [-0.05, 0) is 45.2 Å². The number of nitrogens with one attached hydrogen (secondary N) is 1. The first kappa shape index (κ1) is 21.5. The molecule has 0 aliphatic carbocycles. The molecule has 1 aromatic carbocycles. The van der Waals surface area contributed by atoms with Crippen molar-refractivity contribution in [3.63, 3.8) is 0 Å². The van der Waals surface area contributed by atoms with Crippen LogP contribution in [0.4, 0.5) is 5.82 Å². The standard InChI is InChI=1S/C23H28N4O3/c1-6-14(3)27-20(12-13-24-27)26-22(28)16(5)30-23(29)21-15(4)18(7-2)25-19-11-9-8-10-17(19)21/h8-14,16H,6-7H2,1-5H3,(H,26,28)/t14-,16+/m1/s1. The molecule has 7 nitrogen and oxygen atoms in total. The second-order valence-electron chi connectivity index (χ2n) is 7.38. The highest BCUT2D eigenvalue weighted by atomic mass is 16.5. The molecule has 0 aliphatic rings. The Morgan fingerprint density at radius 1 is 1.17 bits per heavy atom. The summed E-state index contributed by atoms with van der Waals surface area (Å²) in [5.41, 5.74) is 2.82. The molecular formula is C23H28N4O3. The molecule has 1 N–H and O–H groups in total. The Kier molecular flexibility index (Phi) is 6.50. The molecule has 0 radical (unpaired) electrons. The highest BCUT2D eigenvalue weighted by Crippen LogP contribution is 2.25. The van der Waals surface area contributed by atoms with Crippen LogP contribution in [0.1, 0.15) is 61.8 Å².